The van der Waals surface area contributed by atoms with E-state index in [9.17, 15) is 14.4 Å². The largest absolute Gasteiger partial charge is 0.423 e. The Morgan fingerprint density at radius 2 is 1.38 bits per heavy atom. The zero-order valence-corrected chi connectivity index (χ0v) is 16.0. The summed E-state index contributed by atoms with van der Waals surface area (Å²) in [6, 6.07) is 21.1. The molecule has 1 atom stereocenters. The zero-order chi connectivity index (χ0) is 20.4. The van der Waals surface area contributed by atoms with E-state index >= 15 is 0 Å². The Kier molecular flexibility index (Phi) is 5.14. The molecule has 0 N–H and O–H groups in total. The summed E-state index contributed by atoms with van der Waals surface area (Å²) in [6.45, 7) is 0. The molecule has 0 unspecified atom stereocenters. The highest BCUT2D eigenvalue weighted by atomic mass is 35.5. The van der Waals surface area contributed by atoms with Gasteiger partial charge >= 0.3 is 5.97 Å². The summed E-state index contributed by atoms with van der Waals surface area (Å²) in [5.41, 5.74) is 1.35. The van der Waals surface area contributed by atoms with E-state index in [0.29, 0.717) is 0 Å². The van der Waals surface area contributed by atoms with E-state index in [2.05, 4.69) is 0 Å². The number of carbonyl (C=O) groups is 3. The molecule has 0 aromatic heterocycles. The van der Waals surface area contributed by atoms with Crippen LogP contribution in [0.2, 0.25) is 5.02 Å². The predicted molar refractivity (Wildman–Crippen MR) is 108 cm³/mol. The molecule has 2 amide bonds. The SMILES string of the molecule is O=C(Oc1ccccc1Cl)[C@@H](Cc1ccccc1)N1C(=O)c2ccccc2C1=O. The Morgan fingerprint density at radius 3 is 2.00 bits per heavy atom. The lowest BCUT2D eigenvalue weighted by Gasteiger charge is -2.24. The van der Waals surface area contributed by atoms with Crippen LogP contribution in [0.3, 0.4) is 0 Å². The van der Waals surface area contributed by atoms with E-state index in [1.54, 1.807) is 48.5 Å². The summed E-state index contributed by atoms with van der Waals surface area (Å²) in [5, 5.41) is 0.265. The van der Waals surface area contributed by atoms with Crippen molar-refractivity contribution in [1.29, 1.82) is 0 Å². The number of halogens is 1. The number of carbonyl (C=O) groups excluding carboxylic acids is 3. The lowest BCUT2D eigenvalue weighted by atomic mass is 10.0. The summed E-state index contributed by atoms with van der Waals surface area (Å²) in [6.07, 6.45) is 0.135. The van der Waals surface area contributed by atoms with E-state index in [-0.39, 0.29) is 28.3 Å². The van der Waals surface area contributed by atoms with Crippen molar-refractivity contribution >= 4 is 29.4 Å². The molecule has 3 aromatic rings. The fourth-order valence-corrected chi connectivity index (χ4v) is 3.49. The van der Waals surface area contributed by atoms with Gasteiger partial charge in [0.15, 0.2) is 0 Å². The second-order valence-electron chi connectivity index (χ2n) is 6.58. The number of para-hydroxylation sites is 1. The van der Waals surface area contributed by atoms with Gasteiger partial charge in [-0.05, 0) is 29.8 Å². The van der Waals surface area contributed by atoms with Gasteiger partial charge in [-0.3, -0.25) is 14.5 Å². The molecule has 6 heteroatoms. The van der Waals surface area contributed by atoms with Crippen LogP contribution >= 0.6 is 11.6 Å². The van der Waals surface area contributed by atoms with Gasteiger partial charge in [0, 0.05) is 6.42 Å². The van der Waals surface area contributed by atoms with Gasteiger partial charge in [-0.1, -0.05) is 66.2 Å². The Labute approximate surface area is 172 Å². The van der Waals surface area contributed by atoms with Crippen molar-refractivity contribution in [2.45, 2.75) is 12.5 Å². The summed E-state index contributed by atoms with van der Waals surface area (Å²) in [7, 11) is 0. The molecule has 3 aromatic carbocycles. The lowest BCUT2D eigenvalue weighted by Crippen LogP contribution is -2.48. The van der Waals surface area contributed by atoms with Crippen molar-refractivity contribution in [2.24, 2.45) is 0 Å². The lowest BCUT2D eigenvalue weighted by molar-refractivity contribution is -0.138. The minimum atomic E-state index is -1.12. The Morgan fingerprint density at radius 1 is 0.828 bits per heavy atom. The van der Waals surface area contributed by atoms with E-state index in [4.69, 9.17) is 16.3 Å². The zero-order valence-electron chi connectivity index (χ0n) is 15.2. The smallest absolute Gasteiger partial charge is 0.335 e. The van der Waals surface area contributed by atoms with Crippen LogP contribution in [0.25, 0.3) is 0 Å². The van der Waals surface area contributed by atoms with Gasteiger partial charge in [0.2, 0.25) is 0 Å². The highest BCUT2D eigenvalue weighted by Gasteiger charge is 2.43. The number of fused-ring (bicyclic) bond motifs is 1. The summed E-state index contributed by atoms with van der Waals surface area (Å²) in [5.74, 6) is -1.57. The first-order chi connectivity index (χ1) is 14.1. The predicted octanol–water partition coefficient (Wildman–Crippen LogP) is 4.15. The van der Waals surface area contributed by atoms with Gasteiger partial charge < -0.3 is 4.74 Å². The minimum absolute atomic E-state index is 0.135. The van der Waals surface area contributed by atoms with Gasteiger partial charge in [0.25, 0.3) is 11.8 Å². The van der Waals surface area contributed by atoms with Crippen molar-refractivity contribution in [1.82, 2.24) is 4.90 Å². The number of nitrogens with zero attached hydrogens (tertiary/aromatic N) is 1. The number of amides is 2. The molecule has 29 heavy (non-hydrogen) atoms. The topological polar surface area (TPSA) is 63.7 Å². The van der Waals surface area contributed by atoms with Crippen LogP contribution in [0.4, 0.5) is 0 Å². The Bertz CT molecular complexity index is 1060. The molecule has 4 rings (SSSR count). The number of hydrogen-bond acceptors (Lipinski definition) is 4. The maximum absolute atomic E-state index is 13.1. The van der Waals surface area contributed by atoms with Gasteiger partial charge in [-0.15, -0.1) is 0 Å². The van der Waals surface area contributed by atoms with Crippen LogP contribution < -0.4 is 4.74 Å². The van der Waals surface area contributed by atoms with Crippen LogP contribution in [0.1, 0.15) is 26.3 Å². The highest BCUT2D eigenvalue weighted by Crippen LogP contribution is 2.28. The van der Waals surface area contributed by atoms with Crippen LogP contribution in [-0.2, 0) is 11.2 Å². The molecule has 0 aliphatic carbocycles. The third kappa shape index (κ3) is 3.65. The number of benzene rings is 3. The Hall–Kier alpha value is -3.44. The average molecular weight is 406 g/mol. The molecule has 144 valence electrons. The van der Waals surface area contributed by atoms with Crippen LogP contribution in [0.15, 0.2) is 78.9 Å². The van der Waals surface area contributed by atoms with Gasteiger partial charge in [-0.2, -0.15) is 0 Å². The van der Waals surface area contributed by atoms with Crippen molar-refractivity contribution in [3.8, 4) is 5.75 Å². The first kappa shape index (κ1) is 18.9. The van der Waals surface area contributed by atoms with E-state index in [1.165, 1.54) is 0 Å². The van der Waals surface area contributed by atoms with E-state index in [0.717, 1.165) is 10.5 Å². The number of imide groups is 1. The molecule has 0 saturated carbocycles. The number of ether oxygens (including phenoxy) is 1. The third-order valence-corrected chi connectivity index (χ3v) is 5.04. The van der Waals surface area contributed by atoms with Gasteiger partial charge in [-0.25, -0.2) is 4.79 Å². The monoisotopic (exact) mass is 405 g/mol. The van der Waals surface area contributed by atoms with Crippen molar-refractivity contribution in [3.05, 3.63) is 101 Å². The van der Waals surface area contributed by atoms with Gasteiger partial charge in [0.05, 0.1) is 16.1 Å². The van der Waals surface area contributed by atoms with Crippen molar-refractivity contribution in [3.63, 3.8) is 0 Å². The number of rotatable bonds is 5. The number of esters is 1. The summed E-state index contributed by atoms with van der Waals surface area (Å²) in [4.78, 5) is 39.9. The van der Waals surface area contributed by atoms with Crippen LogP contribution in [0, 0.1) is 0 Å². The molecular weight excluding hydrogens is 390 g/mol. The highest BCUT2D eigenvalue weighted by molar-refractivity contribution is 6.32. The van der Waals surface area contributed by atoms with Crippen molar-refractivity contribution < 1.29 is 19.1 Å². The Balaban J connectivity index is 1.69. The molecule has 0 bridgehead atoms. The summed E-state index contributed by atoms with van der Waals surface area (Å²) >= 11 is 6.10. The molecule has 0 saturated heterocycles. The molecular formula is C23H16ClNO4. The quantitative estimate of drug-likeness (QED) is 0.363. The number of hydrogen-bond donors (Lipinski definition) is 0. The molecule has 1 aliphatic rings. The fourth-order valence-electron chi connectivity index (χ4n) is 3.31. The van der Waals surface area contributed by atoms with E-state index < -0.39 is 23.8 Å². The molecule has 5 nitrogen and oxygen atoms in total. The average Bonchev–Trinajstić information content (AvgIpc) is 2.99. The molecule has 1 aliphatic heterocycles. The van der Waals surface area contributed by atoms with Crippen LogP contribution in [0.5, 0.6) is 5.75 Å². The fraction of sp³-hybridized carbons (Fsp3) is 0.0870. The van der Waals surface area contributed by atoms with Crippen LogP contribution in [-0.4, -0.2) is 28.7 Å². The molecule has 0 spiro atoms. The second kappa shape index (κ2) is 7.89. The molecule has 0 fully saturated rings. The summed E-state index contributed by atoms with van der Waals surface area (Å²) < 4.78 is 5.47. The normalized spacial score (nSPS) is 13.9. The maximum Gasteiger partial charge on any atom is 0.335 e. The molecule has 0 radical (unpaired) electrons. The first-order valence-corrected chi connectivity index (χ1v) is 9.41. The standard InChI is InChI=1S/C23H16ClNO4/c24-18-12-6-7-13-20(18)29-23(28)19(14-15-8-2-1-3-9-15)25-21(26)16-10-4-5-11-17(16)22(25)27/h1-13,19H,14H2/t19-/m1/s1. The minimum Gasteiger partial charge on any atom is -0.423 e. The van der Waals surface area contributed by atoms with Crippen molar-refractivity contribution in [2.75, 3.05) is 0 Å². The molecule has 1 heterocycles. The first-order valence-electron chi connectivity index (χ1n) is 9.03. The second-order valence-corrected chi connectivity index (χ2v) is 6.99. The van der Waals surface area contributed by atoms with E-state index in [1.807, 2.05) is 30.3 Å². The van der Waals surface area contributed by atoms with Gasteiger partial charge in [0.1, 0.15) is 11.8 Å². The maximum atomic E-state index is 13.1. The third-order valence-electron chi connectivity index (χ3n) is 4.73.